The van der Waals surface area contributed by atoms with Crippen LogP contribution in [0.25, 0.3) is 0 Å². The van der Waals surface area contributed by atoms with E-state index in [4.69, 9.17) is 16.7 Å². The van der Waals surface area contributed by atoms with Crippen LogP contribution in [0.3, 0.4) is 0 Å². The molecule has 106 valence electrons. The molecule has 0 aliphatic rings. The lowest BCUT2D eigenvalue weighted by Gasteiger charge is -2.25. The van der Waals surface area contributed by atoms with Gasteiger partial charge >= 0.3 is 0 Å². The first-order valence-corrected chi connectivity index (χ1v) is 7.74. The zero-order valence-electron chi connectivity index (χ0n) is 11.1. The zero-order chi connectivity index (χ0) is 14.8. The molecule has 0 bridgehead atoms. The summed E-state index contributed by atoms with van der Waals surface area (Å²) in [4.78, 5) is 13.8. The summed E-state index contributed by atoms with van der Waals surface area (Å²) in [6.07, 6.45) is 0. The second-order valence-corrected chi connectivity index (χ2v) is 6.34. The Morgan fingerprint density at radius 3 is 2.42 bits per heavy atom. The summed E-state index contributed by atoms with van der Waals surface area (Å²) in [5.74, 6) is -0.312. The van der Waals surface area contributed by atoms with E-state index in [-0.39, 0.29) is 27.4 Å². The standard InChI is InChI=1S/C12H17ClN2O3S/c1-4-15(8(2)3)12(16)10-7-9(19(14,17)18)5-6-11(10)13/h5-8H,4H2,1-3H3,(H2,14,17,18). The van der Waals surface area contributed by atoms with Crippen LogP contribution in [0.1, 0.15) is 31.1 Å². The van der Waals surface area contributed by atoms with E-state index in [2.05, 4.69) is 0 Å². The lowest BCUT2D eigenvalue weighted by Crippen LogP contribution is -2.37. The van der Waals surface area contributed by atoms with Crippen LogP contribution in [0.2, 0.25) is 5.02 Å². The van der Waals surface area contributed by atoms with Crippen molar-refractivity contribution in [2.24, 2.45) is 5.14 Å². The van der Waals surface area contributed by atoms with E-state index in [1.54, 1.807) is 4.90 Å². The molecular formula is C12H17ClN2O3S. The fraction of sp³-hybridized carbons (Fsp3) is 0.417. The van der Waals surface area contributed by atoms with E-state index < -0.39 is 10.0 Å². The Bertz CT molecular complexity index is 585. The normalized spacial score (nSPS) is 11.7. The average molecular weight is 305 g/mol. The molecule has 0 aromatic heterocycles. The van der Waals surface area contributed by atoms with Crippen LogP contribution in [0.4, 0.5) is 0 Å². The van der Waals surface area contributed by atoms with Crippen molar-refractivity contribution in [3.63, 3.8) is 0 Å². The minimum Gasteiger partial charge on any atom is -0.336 e. The van der Waals surface area contributed by atoms with Crippen molar-refractivity contribution in [3.8, 4) is 0 Å². The fourth-order valence-corrected chi connectivity index (χ4v) is 2.48. The third-order valence-corrected chi connectivity index (χ3v) is 3.96. The van der Waals surface area contributed by atoms with E-state index >= 15 is 0 Å². The molecule has 19 heavy (non-hydrogen) atoms. The highest BCUT2D eigenvalue weighted by Gasteiger charge is 2.21. The largest absolute Gasteiger partial charge is 0.336 e. The van der Waals surface area contributed by atoms with E-state index in [9.17, 15) is 13.2 Å². The van der Waals surface area contributed by atoms with Crippen LogP contribution in [0.5, 0.6) is 0 Å². The number of nitrogens with two attached hydrogens (primary N) is 1. The zero-order valence-corrected chi connectivity index (χ0v) is 12.6. The third-order valence-electron chi connectivity index (χ3n) is 2.72. The number of hydrogen-bond donors (Lipinski definition) is 1. The summed E-state index contributed by atoms with van der Waals surface area (Å²) in [7, 11) is -3.86. The monoisotopic (exact) mass is 304 g/mol. The molecule has 1 aromatic carbocycles. The van der Waals surface area contributed by atoms with Gasteiger partial charge in [0.15, 0.2) is 0 Å². The molecule has 0 saturated carbocycles. The molecule has 0 heterocycles. The first kappa shape index (κ1) is 15.9. The van der Waals surface area contributed by atoms with Crippen LogP contribution >= 0.6 is 11.6 Å². The van der Waals surface area contributed by atoms with E-state index in [0.717, 1.165) is 0 Å². The van der Waals surface area contributed by atoms with E-state index in [0.29, 0.717) is 6.54 Å². The molecule has 7 heteroatoms. The number of rotatable bonds is 4. The number of benzene rings is 1. The van der Waals surface area contributed by atoms with Crippen LogP contribution in [-0.2, 0) is 10.0 Å². The highest BCUT2D eigenvalue weighted by atomic mass is 35.5. The second kappa shape index (κ2) is 5.90. The smallest absolute Gasteiger partial charge is 0.255 e. The van der Waals surface area contributed by atoms with Crippen LogP contribution in [0, 0.1) is 0 Å². The Labute approximate surface area is 118 Å². The Hall–Kier alpha value is -1.11. The number of amides is 1. The highest BCUT2D eigenvalue weighted by Crippen LogP contribution is 2.22. The summed E-state index contributed by atoms with van der Waals surface area (Å²) >= 11 is 5.96. The van der Waals surface area contributed by atoms with Crippen molar-refractivity contribution in [3.05, 3.63) is 28.8 Å². The van der Waals surface area contributed by atoms with Gasteiger partial charge in [-0.3, -0.25) is 4.79 Å². The summed E-state index contributed by atoms with van der Waals surface area (Å²) in [6, 6.07) is 3.85. The molecule has 0 aliphatic heterocycles. The topological polar surface area (TPSA) is 80.5 Å². The Balaban J connectivity index is 3.30. The lowest BCUT2D eigenvalue weighted by molar-refractivity contribution is 0.0717. The molecule has 1 amide bonds. The fourth-order valence-electron chi connectivity index (χ4n) is 1.74. The van der Waals surface area contributed by atoms with Gasteiger partial charge < -0.3 is 4.90 Å². The molecule has 0 aliphatic carbocycles. The van der Waals surface area contributed by atoms with Gasteiger partial charge in [-0.15, -0.1) is 0 Å². The number of nitrogens with zero attached hydrogens (tertiary/aromatic N) is 1. The van der Waals surface area contributed by atoms with Crippen LogP contribution in [0.15, 0.2) is 23.1 Å². The van der Waals surface area contributed by atoms with Crippen molar-refractivity contribution in [1.29, 1.82) is 0 Å². The van der Waals surface area contributed by atoms with E-state index in [1.807, 2.05) is 20.8 Å². The van der Waals surface area contributed by atoms with Crippen molar-refractivity contribution in [1.82, 2.24) is 4.90 Å². The Kier molecular flexibility index (Phi) is 4.95. The van der Waals surface area contributed by atoms with E-state index in [1.165, 1.54) is 18.2 Å². The number of sulfonamides is 1. The lowest BCUT2D eigenvalue weighted by atomic mass is 10.1. The van der Waals surface area contributed by atoms with Gasteiger partial charge in [-0.1, -0.05) is 11.6 Å². The molecule has 1 aromatic rings. The molecule has 0 atom stereocenters. The third kappa shape index (κ3) is 3.68. The predicted octanol–water partition coefficient (Wildman–Crippen LogP) is 1.86. The number of primary sulfonamides is 1. The molecule has 0 saturated heterocycles. The molecular weight excluding hydrogens is 288 g/mol. The van der Waals surface area contributed by atoms with Gasteiger partial charge in [0.1, 0.15) is 0 Å². The van der Waals surface area contributed by atoms with Crippen molar-refractivity contribution < 1.29 is 13.2 Å². The maximum absolute atomic E-state index is 12.3. The summed E-state index contributed by atoms with van der Waals surface area (Å²) in [5.41, 5.74) is 0.142. The number of halogens is 1. The van der Waals surface area contributed by atoms with Crippen molar-refractivity contribution >= 4 is 27.5 Å². The minimum absolute atomic E-state index is 0.00768. The van der Waals surface area contributed by atoms with Gasteiger partial charge in [-0.2, -0.15) is 0 Å². The highest BCUT2D eigenvalue weighted by molar-refractivity contribution is 7.89. The molecule has 2 N–H and O–H groups in total. The molecule has 0 unspecified atom stereocenters. The second-order valence-electron chi connectivity index (χ2n) is 4.37. The van der Waals surface area contributed by atoms with Gasteiger partial charge in [-0.05, 0) is 39.0 Å². The number of carbonyl (C=O) groups excluding carboxylic acids is 1. The molecule has 0 radical (unpaired) electrons. The van der Waals surface area contributed by atoms with Crippen molar-refractivity contribution in [2.45, 2.75) is 31.7 Å². The first-order chi connectivity index (χ1) is 8.68. The molecule has 5 nitrogen and oxygen atoms in total. The quantitative estimate of drug-likeness (QED) is 0.922. The minimum atomic E-state index is -3.86. The van der Waals surface area contributed by atoms with Gasteiger partial charge in [0.25, 0.3) is 5.91 Å². The average Bonchev–Trinajstić information content (AvgIpc) is 2.28. The summed E-state index contributed by atoms with van der Waals surface area (Å²) in [6.45, 7) is 6.10. The van der Waals surface area contributed by atoms with Crippen molar-refractivity contribution in [2.75, 3.05) is 6.54 Å². The summed E-state index contributed by atoms with van der Waals surface area (Å²) < 4.78 is 22.6. The number of carbonyl (C=O) groups is 1. The Morgan fingerprint density at radius 1 is 1.42 bits per heavy atom. The summed E-state index contributed by atoms with van der Waals surface area (Å²) in [5, 5.41) is 5.25. The van der Waals surface area contributed by atoms with Crippen LogP contribution < -0.4 is 5.14 Å². The maximum Gasteiger partial charge on any atom is 0.255 e. The Morgan fingerprint density at radius 2 is 2.00 bits per heavy atom. The molecule has 1 rings (SSSR count). The first-order valence-electron chi connectivity index (χ1n) is 5.81. The maximum atomic E-state index is 12.3. The molecule has 0 fully saturated rings. The molecule has 0 spiro atoms. The van der Waals surface area contributed by atoms with Crippen LogP contribution in [-0.4, -0.2) is 31.8 Å². The van der Waals surface area contributed by atoms with Gasteiger partial charge in [0.2, 0.25) is 10.0 Å². The van der Waals surface area contributed by atoms with Gasteiger partial charge in [0.05, 0.1) is 15.5 Å². The number of hydrogen-bond acceptors (Lipinski definition) is 3. The predicted molar refractivity (Wildman–Crippen MR) is 74.7 cm³/mol. The SMILES string of the molecule is CCN(C(=O)c1cc(S(N)(=O)=O)ccc1Cl)C(C)C. The van der Waals surface area contributed by atoms with Gasteiger partial charge in [-0.25, -0.2) is 13.6 Å². The van der Waals surface area contributed by atoms with Gasteiger partial charge in [0, 0.05) is 12.6 Å².